The second-order valence-electron chi connectivity index (χ2n) is 5.30. The number of hydrogen-bond acceptors (Lipinski definition) is 5. The molecule has 1 N–H and O–H groups in total. The van der Waals surface area contributed by atoms with Crippen molar-refractivity contribution in [3.8, 4) is 0 Å². The first-order valence-corrected chi connectivity index (χ1v) is 8.74. The molecule has 0 unspecified atom stereocenters. The minimum atomic E-state index is -3.43. The monoisotopic (exact) mass is 321 g/mol. The van der Waals surface area contributed by atoms with Crippen LogP contribution in [0.3, 0.4) is 0 Å². The Morgan fingerprint density at radius 1 is 1.18 bits per heavy atom. The van der Waals surface area contributed by atoms with E-state index in [1.807, 2.05) is 6.07 Å². The lowest BCUT2D eigenvalue weighted by molar-refractivity contribution is 0.595. The molecular formula is C15H16FN3O2S. The molecule has 3 rings (SSSR count). The van der Waals surface area contributed by atoms with Crippen LogP contribution in [0.4, 0.5) is 10.2 Å². The zero-order chi connectivity index (χ0) is 15.6. The largest absolute Gasteiger partial charge is 0.369 e. The number of anilines is 1. The zero-order valence-electron chi connectivity index (χ0n) is 11.9. The Kier molecular flexibility index (Phi) is 4.06. The molecule has 0 aliphatic heterocycles. The molecule has 0 atom stereocenters. The minimum Gasteiger partial charge on any atom is -0.369 e. The average molecular weight is 321 g/mol. The molecule has 0 spiro atoms. The highest BCUT2D eigenvalue weighted by Gasteiger charge is 2.25. The fourth-order valence-electron chi connectivity index (χ4n) is 2.14. The Labute approximate surface area is 128 Å². The third kappa shape index (κ3) is 3.59. The Bertz CT molecular complexity index is 759. The summed E-state index contributed by atoms with van der Waals surface area (Å²) in [5, 5.41) is 3.00. The van der Waals surface area contributed by atoms with Gasteiger partial charge in [-0.2, -0.15) is 0 Å². The smallest absolute Gasteiger partial charge is 0.180 e. The third-order valence-corrected chi connectivity index (χ3v) is 5.27. The SMILES string of the molecule is O=S(=O)(CCNc1cc(C2CC2)ncn1)c1ccc(F)cc1. The molecule has 2 aromatic rings. The van der Waals surface area contributed by atoms with Crippen LogP contribution in [0.25, 0.3) is 0 Å². The van der Waals surface area contributed by atoms with Gasteiger partial charge in [0.05, 0.1) is 10.6 Å². The summed E-state index contributed by atoms with van der Waals surface area (Å²) < 4.78 is 37.1. The van der Waals surface area contributed by atoms with Gasteiger partial charge in [-0.05, 0) is 37.1 Å². The van der Waals surface area contributed by atoms with Gasteiger partial charge in [0.25, 0.3) is 0 Å². The Hall–Kier alpha value is -2.02. The first-order valence-electron chi connectivity index (χ1n) is 7.09. The summed E-state index contributed by atoms with van der Waals surface area (Å²) in [6.45, 7) is 0.237. The van der Waals surface area contributed by atoms with Crippen molar-refractivity contribution in [3.05, 3.63) is 48.2 Å². The quantitative estimate of drug-likeness (QED) is 0.827. The van der Waals surface area contributed by atoms with Crippen molar-refractivity contribution in [2.75, 3.05) is 17.6 Å². The van der Waals surface area contributed by atoms with Crippen LogP contribution < -0.4 is 5.32 Å². The van der Waals surface area contributed by atoms with E-state index in [1.54, 1.807) is 0 Å². The number of aromatic nitrogens is 2. The van der Waals surface area contributed by atoms with Gasteiger partial charge in [0.1, 0.15) is 18.0 Å². The van der Waals surface area contributed by atoms with Crippen LogP contribution in [0.1, 0.15) is 24.5 Å². The van der Waals surface area contributed by atoms with E-state index >= 15 is 0 Å². The summed E-state index contributed by atoms with van der Waals surface area (Å²) in [5.41, 5.74) is 0.999. The molecular weight excluding hydrogens is 305 g/mol. The van der Waals surface area contributed by atoms with Gasteiger partial charge in [-0.1, -0.05) is 0 Å². The molecule has 1 heterocycles. The van der Waals surface area contributed by atoms with Crippen molar-refractivity contribution in [3.63, 3.8) is 0 Å². The van der Waals surface area contributed by atoms with Crippen molar-refractivity contribution in [2.24, 2.45) is 0 Å². The molecule has 5 nitrogen and oxygen atoms in total. The molecule has 116 valence electrons. The second-order valence-corrected chi connectivity index (χ2v) is 7.41. The van der Waals surface area contributed by atoms with E-state index in [1.165, 1.54) is 18.5 Å². The van der Waals surface area contributed by atoms with Crippen LogP contribution in [-0.4, -0.2) is 30.7 Å². The van der Waals surface area contributed by atoms with Gasteiger partial charge in [0, 0.05) is 24.2 Å². The van der Waals surface area contributed by atoms with Crippen molar-refractivity contribution >= 4 is 15.7 Å². The van der Waals surface area contributed by atoms with Gasteiger partial charge < -0.3 is 5.32 Å². The van der Waals surface area contributed by atoms with Crippen LogP contribution in [0.2, 0.25) is 0 Å². The lowest BCUT2D eigenvalue weighted by Crippen LogP contribution is -2.16. The van der Waals surface area contributed by atoms with E-state index in [-0.39, 0.29) is 17.2 Å². The fraction of sp³-hybridized carbons (Fsp3) is 0.333. The summed E-state index contributed by atoms with van der Waals surface area (Å²) in [6, 6.07) is 6.71. The van der Waals surface area contributed by atoms with Gasteiger partial charge in [-0.15, -0.1) is 0 Å². The molecule has 22 heavy (non-hydrogen) atoms. The van der Waals surface area contributed by atoms with E-state index in [0.717, 1.165) is 30.7 Å². The maximum Gasteiger partial charge on any atom is 0.180 e. The van der Waals surface area contributed by atoms with Crippen LogP contribution in [0.5, 0.6) is 0 Å². The molecule has 0 amide bonds. The van der Waals surface area contributed by atoms with Gasteiger partial charge in [-0.25, -0.2) is 22.8 Å². The normalized spacial score (nSPS) is 14.8. The van der Waals surface area contributed by atoms with E-state index in [9.17, 15) is 12.8 Å². The Balaban J connectivity index is 1.60. The number of nitrogens with one attached hydrogen (secondary N) is 1. The van der Waals surface area contributed by atoms with Crippen LogP contribution >= 0.6 is 0 Å². The van der Waals surface area contributed by atoms with Gasteiger partial charge in [-0.3, -0.25) is 0 Å². The number of halogens is 1. The Morgan fingerprint density at radius 3 is 2.59 bits per heavy atom. The zero-order valence-corrected chi connectivity index (χ0v) is 12.7. The predicted molar refractivity (Wildman–Crippen MR) is 80.9 cm³/mol. The number of rotatable bonds is 6. The molecule has 0 bridgehead atoms. The maximum absolute atomic E-state index is 12.8. The summed E-state index contributed by atoms with van der Waals surface area (Å²) in [4.78, 5) is 8.42. The number of nitrogens with zero attached hydrogens (tertiary/aromatic N) is 2. The third-order valence-electron chi connectivity index (χ3n) is 3.53. The molecule has 7 heteroatoms. The molecule has 1 aliphatic rings. The average Bonchev–Trinajstić information content (AvgIpc) is 3.32. The summed E-state index contributed by atoms with van der Waals surface area (Å²) in [7, 11) is -3.43. The van der Waals surface area contributed by atoms with E-state index < -0.39 is 15.7 Å². The maximum atomic E-state index is 12.8. The second kappa shape index (κ2) is 6.00. The molecule has 1 aromatic heterocycles. The summed E-state index contributed by atoms with van der Waals surface area (Å²) in [5.74, 6) is 0.616. The van der Waals surface area contributed by atoms with Crippen molar-refractivity contribution < 1.29 is 12.8 Å². The molecule has 1 aliphatic carbocycles. The van der Waals surface area contributed by atoms with Crippen molar-refractivity contribution in [2.45, 2.75) is 23.7 Å². The Morgan fingerprint density at radius 2 is 1.91 bits per heavy atom. The number of hydrogen-bond donors (Lipinski definition) is 1. The summed E-state index contributed by atoms with van der Waals surface area (Å²) >= 11 is 0. The number of benzene rings is 1. The van der Waals surface area contributed by atoms with E-state index in [4.69, 9.17) is 0 Å². The minimum absolute atomic E-state index is 0.0819. The lowest BCUT2D eigenvalue weighted by atomic mass is 10.3. The van der Waals surface area contributed by atoms with E-state index in [0.29, 0.717) is 11.7 Å². The molecule has 0 saturated heterocycles. The van der Waals surface area contributed by atoms with Crippen molar-refractivity contribution in [1.29, 1.82) is 0 Å². The van der Waals surface area contributed by atoms with E-state index in [2.05, 4.69) is 15.3 Å². The topological polar surface area (TPSA) is 72.0 Å². The van der Waals surface area contributed by atoms with Gasteiger partial charge in [0.15, 0.2) is 9.84 Å². The summed E-state index contributed by atoms with van der Waals surface area (Å²) in [6.07, 6.45) is 3.79. The highest BCUT2D eigenvalue weighted by atomic mass is 32.2. The van der Waals surface area contributed by atoms with Crippen LogP contribution in [0, 0.1) is 5.82 Å². The predicted octanol–water partition coefficient (Wildman–Crippen LogP) is 2.38. The highest BCUT2D eigenvalue weighted by Crippen LogP contribution is 2.39. The van der Waals surface area contributed by atoms with Crippen LogP contribution in [-0.2, 0) is 9.84 Å². The number of sulfone groups is 1. The fourth-order valence-corrected chi connectivity index (χ4v) is 3.30. The molecule has 0 radical (unpaired) electrons. The molecule has 1 saturated carbocycles. The lowest BCUT2D eigenvalue weighted by Gasteiger charge is -2.07. The standard InChI is InChI=1S/C15H16FN3O2S/c16-12-3-5-13(6-4-12)22(20,21)8-7-17-15-9-14(11-1-2-11)18-10-19-15/h3-6,9-11H,1-2,7-8H2,(H,17,18,19). The van der Waals surface area contributed by atoms with Crippen molar-refractivity contribution in [1.82, 2.24) is 9.97 Å². The first kappa shape index (κ1) is 14.9. The highest BCUT2D eigenvalue weighted by molar-refractivity contribution is 7.91. The van der Waals surface area contributed by atoms with Crippen LogP contribution in [0.15, 0.2) is 41.6 Å². The molecule has 1 fully saturated rings. The first-order chi connectivity index (χ1) is 10.5. The van der Waals surface area contributed by atoms with Gasteiger partial charge in [0.2, 0.25) is 0 Å². The van der Waals surface area contributed by atoms with Gasteiger partial charge >= 0.3 is 0 Å². The molecule has 1 aromatic carbocycles.